The molecule has 0 radical (unpaired) electrons. The molecule has 120 valence electrons. The number of hydrogen-bond acceptors (Lipinski definition) is 5. The van der Waals surface area contributed by atoms with Gasteiger partial charge in [-0.15, -0.1) is 11.8 Å². The molecule has 0 bridgehead atoms. The lowest BCUT2D eigenvalue weighted by Crippen LogP contribution is -2.66. The molecule has 2 saturated heterocycles. The van der Waals surface area contributed by atoms with Crippen LogP contribution in [0.3, 0.4) is 0 Å². The van der Waals surface area contributed by atoms with Gasteiger partial charge in [-0.1, -0.05) is 13.8 Å². The second kappa shape index (κ2) is 6.98. The lowest BCUT2D eigenvalue weighted by atomic mass is 9.83. The minimum atomic E-state index is -0.732. The maximum atomic E-state index is 11.9. The van der Waals surface area contributed by atoms with Crippen LogP contribution in [0.4, 0.5) is 0 Å². The fraction of sp³-hybridized carbons (Fsp3) is 0.857. The summed E-state index contributed by atoms with van der Waals surface area (Å²) in [5.41, 5.74) is -0.732. The topological polar surface area (TPSA) is 70.1 Å². The van der Waals surface area contributed by atoms with Gasteiger partial charge in [-0.25, -0.2) is 0 Å². The van der Waals surface area contributed by atoms with Crippen molar-refractivity contribution in [1.82, 2.24) is 9.80 Å². The van der Waals surface area contributed by atoms with Crippen molar-refractivity contribution in [3.05, 3.63) is 0 Å². The molecule has 21 heavy (non-hydrogen) atoms. The molecule has 0 saturated carbocycles. The number of ether oxygens (including phenoxy) is 1. The van der Waals surface area contributed by atoms with E-state index in [1.807, 2.05) is 13.8 Å². The number of likely N-dealkylation sites (tertiary alicyclic amines) is 1. The van der Waals surface area contributed by atoms with E-state index in [1.54, 1.807) is 9.80 Å². The third kappa shape index (κ3) is 4.11. The summed E-state index contributed by atoms with van der Waals surface area (Å²) in [5.74, 6) is 0.841. The molecule has 2 aliphatic heterocycles. The first-order chi connectivity index (χ1) is 9.92. The molecule has 2 aliphatic rings. The first-order valence-corrected chi connectivity index (χ1v) is 8.51. The summed E-state index contributed by atoms with van der Waals surface area (Å²) in [6, 6.07) is 0. The fourth-order valence-electron chi connectivity index (χ4n) is 2.38. The summed E-state index contributed by atoms with van der Waals surface area (Å²) in [6.45, 7) is 7.19. The lowest BCUT2D eigenvalue weighted by Gasteiger charge is -2.49. The third-order valence-corrected chi connectivity index (χ3v) is 5.07. The molecule has 0 unspecified atom stereocenters. The van der Waals surface area contributed by atoms with Gasteiger partial charge >= 0.3 is 0 Å². The van der Waals surface area contributed by atoms with Crippen molar-refractivity contribution in [3.8, 4) is 0 Å². The molecule has 0 aliphatic carbocycles. The molecule has 0 spiro atoms. The second-order valence-corrected chi connectivity index (χ2v) is 6.98. The largest absolute Gasteiger partial charge is 0.386 e. The Bertz CT molecular complexity index is 390. The maximum Gasteiger partial charge on any atom is 0.232 e. The molecule has 6 nitrogen and oxygen atoms in total. The van der Waals surface area contributed by atoms with Gasteiger partial charge in [-0.2, -0.15) is 0 Å². The van der Waals surface area contributed by atoms with Crippen molar-refractivity contribution in [2.24, 2.45) is 5.92 Å². The Labute approximate surface area is 129 Å². The van der Waals surface area contributed by atoms with Crippen molar-refractivity contribution < 1.29 is 19.4 Å². The standard InChI is InChI=1S/C14H24N2O4S/c1-11(2)14(19)9-16(10-14)13(18)8-21-7-12(17)15-3-5-20-6-4-15/h11,19H,3-10H2,1-2H3. The quantitative estimate of drug-likeness (QED) is 0.761. The monoisotopic (exact) mass is 316 g/mol. The predicted molar refractivity (Wildman–Crippen MR) is 81.1 cm³/mol. The molecule has 2 heterocycles. The highest BCUT2D eigenvalue weighted by Gasteiger charge is 2.45. The number of nitrogens with zero attached hydrogens (tertiary/aromatic N) is 2. The van der Waals surface area contributed by atoms with E-state index >= 15 is 0 Å². The maximum absolute atomic E-state index is 11.9. The predicted octanol–water partition coefficient (Wildman–Crippen LogP) is -0.192. The molecule has 2 fully saturated rings. The zero-order chi connectivity index (χ0) is 15.5. The Kier molecular flexibility index (Phi) is 5.51. The Balaban J connectivity index is 1.63. The van der Waals surface area contributed by atoms with Crippen LogP contribution in [-0.2, 0) is 14.3 Å². The number of aliphatic hydroxyl groups is 1. The number of carbonyl (C=O) groups excluding carboxylic acids is 2. The van der Waals surface area contributed by atoms with Gasteiger partial charge in [-0.05, 0) is 5.92 Å². The molecule has 2 rings (SSSR count). The van der Waals surface area contributed by atoms with Gasteiger partial charge in [-0.3, -0.25) is 9.59 Å². The van der Waals surface area contributed by atoms with Crippen LogP contribution in [-0.4, -0.2) is 83.2 Å². The Morgan fingerprint density at radius 2 is 1.67 bits per heavy atom. The number of rotatable bonds is 5. The van der Waals surface area contributed by atoms with Gasteiger partial charge in [0, 0.05) is 13.1 Å². The average Bonchev–Trinajstić information content (AvgIpc) is 2.44. The van der Waals surface area contributed by atoms with Gasteiger partial charge in [0.25, 0.3) is 0 Å². The first kappa shape index (κ1) is 16.6. The van der Waals surface area contributed by atoms with Crippen LogP contribution in [0.2, 0.25) is 0 Å². The summed E-state index contributed by atoms with van der Waals surface area (Å²) < 4.78 is 5.20. The van der Waals surface area contributed by atoms with Crippen LogP contribution in [0.1, 0.15) is 13.8 Å². The van der Waals surface area contributed by atoms with Crippen LogP contribution >= 0.6 is 11.8 Å². The van der Waals surface area contributed by atoms with E-state index in [2.05, 4.69) is 0 Å². The van der Waals surface area contributed by atoms with E-state index in [-0.39, 0.29) is 17.7 Å². The molecule has 0 aromatic rings. The van der Waals surface area contributed by atoms with Gasteiger partial charge < -0.3 is 19.6 Å². The summed E-state index contributed by atoms with van der Waals surface area (Å²) >= 11 is 1.34. The number of morpholine rings is 1. The molecule has 0 atom stereocenters. The van der Waals surface area contributed by atoms with E-state index in [1.165, 1.54) is 11.8 Å². The van der Waals surface area contributed by atoms with Crippen molar-refractivity contribution in [2.75, 3.05) is 50.9 Å². The second-order valence-electron chi connectivity index (χ2n) is 5.99. The SMILES string of the molecule is CC(C)C1(O)CN(C(=O)CSCC(=O)N2CCOCC2)C1. The van der Waals surface area contributed by atoms with E-state index in [0.29, 0.717) is 50.9 Å². The van der Waals surface area contributed by atoms with E-state index in [9.17, 15) is 14.7 Å². The van der Waals surface area contributed by atoms with Crippen molar-refractivity contribution in [3.63, 3.8) is 0 Å². The Morgan fingerprint density at radius 3 is 2.19 bits per heavy atom. The Hall–Kier alpha value is -0.790. The number of thioether (sulfide) groups is 1. The molecule has 1 N–H and O–H groups in total. The van der Waals surface area contributed by atoms with Crippen LogP contribution in [0, 0.1) is 5.92 Å². The van der Waals surface area contributed by atoms with Gasteiger partial charge in [0.1, 0.15) is 5.60 Å². The zero-order valence-electron chi connectivity index (χ0n) is 12.7. The lowest BCUT2D eigenvalue weighted by molar-refractivity contribution is -0.161. The van der Waals surface area contributed by atoms with E-state index < -0.39 is 5.60 Å². The zero-order valence-corrected chi connectivity index (χ0v) is 13.5. The number of amides is 2. The minimum absolute atomic E-state index is 0.0000949. The molecule has 0 aromatic carbocycles. The minimum Gasteiger partial charge on any atom is -0.386 e. The number of β-amino-alcohol motifs (C(OH)–C–C–N with tert-alkyl or cyclic N) is 1. The van der Waals surface area contributed by atoms with Crippen molar-refractivity contribution in [2.45, 2.75) is 19.4 Å². The average molecular weight is 316 g/mol. The normalized spacial score (nSPS) is 21.3. The van der Waals surface area contributed by atoms with Gasteiger partial charge in [0.2, 0.25) is 11.8 Å². The van der Waals surface area contributed by atoms with Gasteiger partial charge in [0.15, 0.2) is 0 Å². The molecule has 7 heteroatoms. The summed E-state index contributed by atoms with van der Waals surface area (Å²) in [4.78, 5) is 27.3. The van der Waals surface area contributed by atoms with Crippen LogP contribution in [0.5, 0.6) is 0 Å². The molecule has 0 aromatic heterocycles. The third-order valence-electron chi connectivity index (χ3n) is 4.17. The fourth-order valence-corrected chi connectivity index (χ4v) is 3.19. The summed E-state index contributed by atoms with van der Waals surface area (Å²) in [7, 11) is 0. The smallest absolute Gasteiger partial charge is 0.232 e. The molecular formula is C14H24N2O4S. The molecular weight excluding hydrogens is 292 g/mol. The highest BCUT2D eigenvalue weighted by molar-refractivity contribution is 8.00. The highest BCUT2D eigenvalue weighted by atomic mass is 32.2. The summed E-state index contributed by atoms with van der Waals surface area (Å²) in [6.07, 6.45) is 0. The van der Waals surface area contributed by atoms with Crippen molar-refractivity contribution in [1.29, 1.82) is 0 Å². The summed E-state index contributed by atoms with van der Waals surface area (Å²) in [5, 5.41) is 10.1. The van der Waals surface area contributed by atoms with E-state index in [0.717, 1.165) is 0 Å². The van der Waals surface area contributed by atoms with E-state index in [4.69, 9.17) is 4.74 Å². The Morgan fingerprint density at radius 1 is 1.14 bits per heavy atom. The van der Waals surface area contributed by atoms with Crippen LogP contribution in [0.25, 0.3) is 0 Å². The first-order valence-electron chi connectivity index (χ1n) is 7.36. The number of carbonyl (C=O) groups is 2. The number of hydrogen-bond donors (Lipinski definition) is 1. The van der Waals surface area contributed by atoms with Gasteiger partial charge in [0.05, 0.1) is 37.8 Å². The van der Waals surface area contributed by atoms with Crippen molar-refractivity contribution >= 4 is 23.6 Å². The van der Waals surface area contributed by atoms with Crippen LogP contribution < -0.4 is 0 Å². The molecule has 2 amide bonds. The highest BCUT2D eigenvalue weighted by Crippen LogP contribution is 2.28. The van der Waals surface area contributed by atoms with Crippen LogP contribution in [0.15, 0.2) is 0 Å².